The number of nitrogens with one attached hydrogen (secondary N) is 9. The van der Waals surface area contributed by atoms with Crippen LogP contribution in [-0.2, 0) is 74.9 Å². The normalized spacial score (nSPS) is 26.7. The van der Waals surface area contributed by atoms with E-state index in [0.29, 0.717) is 38.0 Å². The van der Waals surface area contributed by atoms with Crippen molar-refractivity contribution in [2.24, 2.45) is 17.4 Å². The van der Waals surface area contributed by atoms with Gasteiger partial charge in [0.2, 0.25) is 69.2 Å². The molecule has 682 valence electrons. The molecule has 7 heterocycles. The van der Waals surface area contributed by atoms with Gasteiger partial charge in [0, 0.05) is 41.7 Å². The number of fused-ring (bicyclic) bond motifs is 12. The van der Waals surface area contributed by atoms with Crippen LogP contribution in [0.2, 0.25) is 10.0 Å². The Bertz CT molecular complexity index is 5190. The molecular formula is C85H105Cl2N11O27S. The van der Waals surface area contributed by atoms with Gasteiger partial charge in [0.15, 0.2) is 29.9 Å². The molecule has 2 saturated heterocycles. The van der Waals surface area contributed by atoms with Crippen LogP contribution < -0.4 is 77.7 Å². The summed E-state index contributed by atoms with van der Waals surface area (Å²) in [5, 5.41) is 139. The van der Waals surface area contributed by atoms with Crippen LogP contribution in [0.25, 0.3) is 11.1 Å². The number of aliphatic carboxylic acids is 1. The number of aliphatic hydroxyl groups is 8. The van der Waals surface area contributed by atoms with Gasteiger partial charge in [-0.2, -0.15) is 0 Å². The van der Waals surface area contributed by atoms with Gasteiger partial charge < -0.3 is 138 Å². The summed E-state index contributed by atoms with van der Waals surface area (Å²) in [6.07, 6.45) is -13.9. The van der Waals surface area contributed by atoms with E-state index in [1.54, 1.807) is 12.1 Å². The van der Waals surface area contributed by atoms with Gasteiger partial charge in [-0.1, -0.05) is 93.9 Å². The minimum atomic E-state index is -3.86. The number of carbonyl (C=O) groups is 8. The van der Waals surface area contributed by atoms with Gasteiger partial charge in [0.05, 0.1) is 52.8 Å². The number of primary amides is 1. The first kappa shape index (κ1) is 95.1. The number of hydrogen-bond donors (Lipinski definition) is 21. The number of phenolic OH excluding ortho intramolecular Hbond substituents is 1. The van der Waals surface area contributed by atoms with Gasteiger partial charge in [0.1, 0.15) is 83.7 Å². The number of carbonyl (C=O) groups excluding carboxylic acids is 7. The van der Waals surface area contributed by atoms with Gasteiger partial charge in [-0.15, -0.1) is 0 Å². The summed E-state index contributed by atoms with van der Waals surface area (Å²) in [6, 6.07) is 4.95. The zero-order chi connectivity index (χ0) is 91.3. The van der Waals surface area contributed by atoms with Gasteiger partial charge in [-0.05, 0) is 171 Å². The molecule has 2 fully saturated rings. The molecule has 7 amide bonds. The molecule has 6 aromatic rings. The molecule has 8 aliphatic rings. The zero-order valence-electron chi connectivity index (χ0n) is 69.5. The molecule has 7 aliphatic heterocycles. The van der Waals surface area contributed by atoms with E-state index in [-0.39, 0.29) is 87.4 Å². The second kappa shape index (κ2) is 40.1. The van der Waals surface area contributed by atoms with E-state index in [1.807, 2.05) is 13.8 Å². The Morgan fingerprint density at radius 3 is 1.95 bits per heavy atom. The maximum Gasteiger partial charge on any atom is 0.330 e. The summed E-state index contributed by atoms with van der Waals surface area (Å²) in [5.41, 5.74) is 7.55. The van der Waals surface area contributed by atoms with Crippen LogP contribution in [-0.4, -0.2) is 219 Å². The van der Waals surface area contributed by atoms with E-state index in [2.05, 4.69) is 54.2 Å². The monoisotopic (exact) mass is 1810 g/mol. The average molecular weight is 1820 g/mol. The highest BCUT2D eigenvalue weighted by molar-refractivity contribution is 7.89. The second-order valence-electron chi connectivity index (χ2n) is 32.7. The molecule has 17 unspecified atom stereocenters. The number of nitrogens with two attached hydrogens (primary N) is 2. The molecule has 41 heteroatoms. The van der Waals surface area contributed by atoms with Crippen LogP contribution in [0.5, 0.6) is 40.2 Å². The summed E-state index contributed by atoms with van der Waals surface area (Å²) in [4.78, 5) is 120. The molecular weight excluding hydrogens is 1710 g/mol. The van der Waals surface area contributed by atoms with Crippen LogP contribution in [0.4, 0.5) is 0 Å². The Labute approximate surface area is 734 Å². The van der Waals surface area contributed by atoms with Crippen LogP contribution >= 0.6 is 23.2 Å². The van der Waals surface area contributed by atoms with Crippen molar-refractivity contribution in [2.45, 2.75) is 225 Å². The van der Waals surface area contributed by atoms with Crippen molar-refractivity contribution >= 4 is 80.5 Å². The number of hydrogen-bond acceptors (Lipinski definition) is 29. The fourth-order valence-electron chi connectivity index (χ4n) is 16.1. The fourth-order valence-corrected chi connectivity index (χ4v) is 17.6. The molecule has 1 aliphatic carbocycles. The third kappa shape index (κ3) is 21.0. The number of benzene rings is 6. The number of carboxylic acids is 1. The smallest absolute Gasteiger partial charge is 0.330 e. The molecule has 0 aromatic heterocycles. The molecule has 23 N–H and O–H groups in total. The lowest BCUT2D eigenvalue weighted by molar-refractivity contribution is -0.333. The third-order valence-corrected chi connectivity index (χ3v) is 24.9. The van der Waals surface area contributed by atoms with Crippen molar-refractivity contribution in [1.82, 2.24) is 47.3 Å². The number of likely N-dealkylation sites (N-methyl/N-ethyl adjacent to an activating group) is 1. The van der Waals surface area contributed by atoms with Crippen molar-refractivity contribution in [1.29, 1.82) is 0 Å². The molecule has 11 bridgehead atoms. The average Bonchev–Trinajstić information content (AvgIpc) is 1.55. The Balaban J connectivity index is 0.978. The number of ether oxygens (including phenoxy) is 7. The van der Waals surface area contributed by atoms with Gasteiger partial charge in [-0.25, -0.2) is 17.9 Å². The lowest BCUT2D eigenvalue weighted by atomic mass is 9.86. The predicted octanol–water partition coefficient (Wildman–Crippen LogP) is 2.39. The Morgan fingerprint density at radius 1 is 0.714 bits per heavy atom. The first-order chi connectivity index (χ1) is 59.7. The molecule has 126 heavy (non-hydrogen) atoms. The van der Waals surface area contributed by atoms with Crippen LogP contribution in [0.3, 0.4) is 0 Å². The molecule has 0 saturated carbocycles. The largest absolute Gasteiger partial charge is 0.508 e. The summed E-state index contributed by atoms with van der Waals surface area (Å²) in [7, 11) is -2.39. The molecule has 0 spiro atoms. The van der Waals surface area contributed by atoms with E-state index in [0.717, 1.165) is 79.9 Å². The number of amides is 7. The van der Waals surface area contributed by atoms with Gasteiger partial charge in [-0.3, -0.25) is 33.6 Å². The molecule has 14 rings (SSSR count). The Hall–Kier alpha value is -9.99. The number of unbranched alkanes of at least 4 members (excludes halogenated alkanes) is 5. The zero-order valence-corrected chi connectivity index (χ0v) is 71.8. The van der Waals surface area contributed by atoms with Crippen LogP contribution in [0, 0.1) is 5.92 Å². The van der Waals surface area contributed by atoms with Crippen LogP contribution in [0.15, 0.2) is 102 Å². The summed E-state index contributed by atoms with van der Waals surface area (Å²) in [5.74, 6) is -17.1. The quantitative estimate of drug-likeness (QED) is 0.0237. The van der Waals surface area contributed by atoms with Gasteiger partial charge in [0.25, 0.3) is 0 Å². The number of aliphatic hydroxyl groups excluding tert-OH is 6. The maximum absolute atomic E-state index is 16.4. The number of aromatic hydroxyl groups is 1. The minimum absolute atomic E-state index is 0.0633. The first-order valence-electron chi connectivity index (χ1n) is 41.2. The SMILES string of the molecule is CCCCCOc1ccc(S(=O)(=O)NCCCCCCNCc2c(O)cc3c4c2C(O)(O)c2ccc(cc2-4)C2NC(=O)C4NC(=O)C(CC(N)=O)NC(=O)C(NC(=O)C(CC(C)C)NC)C(O)c5ccc(c(Cl)c5)Oc5cc4cc(c5OC4OC(CO)C(O)C(O)C4OC4CC(C)(N)C(O)C(C)O4)Oc4ccc(cc4Cl)C(O)C(NC2=O)C(=O)N[C@@H]3C(=O)O)cc1. The number of carboxylic acid groups (broad SMARTS) is 1. The van der Waals surface area contributed by atoms with Crippen molar-refractivity contribution in [3.8, 4) is 51.4 Å². The first-order valence-corrected chi connectivity index (χ1v) is 43.5. The van der Waals surface area contributed by atoms with Crippen LogP contribution in [0.1, 0.15) is 174 Å². The number of rotatable bonds is 29. The van der Waals surface area contributed by atoms with E-state index < -0.39 is 241 Å². The second-order valence-corrected chi connectivity index (χ2v) is 35.3. The van der Waals surface area contributed by atoms with E-state index >= 15 is 24.0 Å². The van der Waals surface area contributed by atoms with Crippen molar-refractivity contribution in [3.63, 3.8) is 0 Å². The number of sulfonamides is 1. The maximum atomic E-state index is 16.4. The highest BCUT2D eigenvalue weighted by Crippen LogP contribution is 2.54. The molecule has 0 radical (unpaired) electrons. The highest BCUT2D eigenvalue weighted by Gasteiger charge is 2.53. The Morgan fingerprint density at radius 2 is 1.34 bits per heavy atom. The summed E-state index contributed by atoms with van der Waals surface area (Å²) >= 11 is 14.3. The van der Waals surface area contributed by atoms with E-state index in [4.69, 9.17) is 67.8 Å². The lowest BCUT2D eigenvalue weighted by Crippen LogP contribution is -2.64. The van der Waals surface area contributed by atoms with Gasteiger partial charge >= 0.3 is 5.97 Å². The Kier molecular flexibility index (Phi) is 30.3. The standard InChI is InChI=1S/C85H105Cl2N11O27S/c1-7-8-13-26-119-44-17-19-45(20-18-44)126(117,118)92-25-12-10-9-11-24-91-36-48-54(100)33-47-62-46-28-40(14-21-49(46)85(115,116)63(48)62)64-78(109)98-68(81(112)96-66(47)82(113)114)70(103)42-16-23-56(51(87)30-42)122-58-32-43-31-57(73(58)125-83-74(72(105)71(104)59(37-99)123-83)124-61-35-84(5,89)75(106)39(4)120-61)121-55-22-15-41(29-50(55)86)69(102)67(97-76(107)52(90-6)27-38(2)3)80(111)93-53(34-60(88)101)77(108)94-65(43)79(110)95-64/h14-23,28-33,38-39,52-53,59,61,64-72,74-75,83,90-92,99-100,102-106,115-116H,7-13,24-27,34-37,89H2,1-6H3,(H2,88,101)(H,93,111)(H,94,108)(H,95,110)(H,96,112)(H,97,107)(H,98,109)(H,113,114)/t39?,52?,53?,59?,61?,64?,65?,66-,67?,68?,69?,70?,71?,72?,74?,75?,83?,84?/m0/s1. The van der Waals surface area contributed by atoms with Crippen molar-refractivity contribution < 1.29 is 131 Å². The molecule has 18 atom stereocenters. The van der Waals surface area contributed by atoms with Crippen molar-refractivity contribution in [3.05, 3.63) is 152 Å². The number of phenols is 1. The van der Waals surface area contributed by atoms with E-state index in [9.17, 15) is 73.9 Å². The van der Waals surface area contributed by atoms with Crippen molar-refractivity contribution in [2.75, 3.05) is 33.4 Å². The minimum Gasteiger partial charge on any atom is -0.508 e. The number of halogens is 2. The highest BCUT2D eigenvalue weighted by atomic mass is 35.5. The molecule has 38 nitrogen and oxygen atoms in total. The third-order valence-electron chi connectivity index (χ3n) is 22.9. The summed E-state index contributed by atoms with van der Waals surface area (Å²) < 4.78 is 73.3. The molecule has 6 aromatic carbocycles. The fraction of sp³-hybridized carbons (Fsp3) is 0.482. The predicted molar refractivity (Wildman–Crippen MR) is 448 cm³/mol. The van der Waals surface area contributed by atoms with E-state index in [1.165, 1.54) is 45.2 Å². The summed E-state index contributed by atoms with van der Waals surface area (Å²) in [6.45, 7) is 8.21. The topological polar surface area (TPSA) is 598 Å². The lowest BCUT2D eigenvalue weighted by Gasteiger charge is -2.47.